The number of hydrogen-bond acceptors (Lipinski definition) is 0. The molecule has 0 aromatic rings. The van der Waals surface area contributed by atoms with E-state index in [4.69, 9.17) is 0 Å². The Bertz CT molecular complexity index is 363. The number of halogens is 2. The second-order valence-corrected chi connectivity index (χ2v) is 33.5. The van der Waals surface area contributed by atoms with E-state index in [9.17, 15) is 0 Å². The molecule has 99 valence electrons. The Morgan fingerprint density at radius 2 is 1.28 bits per heavy atom. The molecule has 2 unspecified atom stereocenters. The minimum Gasteiger partial charge on any atom is -1.00 e. The molecule has 0 radical (unpaired) electrons. The average molecular weight is 467 g/mol. The van der Waals surface area contributed by atoms with Crippen molar-refractivity contribution >= 4 is 5.98 Å². The molecule has 0 spiro atoms. The van der Waals surface area contributed by atoms with Crippen LogP contribution < -0.4 is 24.8 Å². The summed E-state index contributed by atoms with van der Waals surface area (Å²) in [5, 5.41) is 0. The van der Waals surface area contributed by atoms with Crippen molar-refractivity contribution in [2.75, 3.05) is 0 Å². The third-order valence-corrected chi connectivity index (χ3v) is 35.1. The second-order valence-electron chi connectivity index (χ2n) is 5.20. The molecule has 0 aliphatic heterocycles. The Morgan fingerprint density at radius 1 is 0.889 bits per heavy atom. The third kappa shape index (κ3) is 3.81. The first-order chi connectivity index (χ1) is 7.61. The predicted octanol–water partition coefficient (Wildman–Crippen LogP) is -1.79. The van der Waals surface area contributed by atoms with Crippen LogP contribution in [0.5, 0.6) is 0 Å². The van der Waals surface area contributed by atoms with Gasteiger partial charge in [-0.05, 0) is 0 Å². The summed E-state index contributed by atoms with van der Waals surface area (Å²) in [6, 6.07) is 0. The third-order valence-electron chi connectivity index (χ3n) is 3.69. The maximum absolute atomic E-state index is 2.58. The van der Waals surface area contributed by atoms with Crippen LogP contribution in [0.4, 0.5) is 0 Å². The van der Waals surface area contributed by atoms with E-state index in [0.29, 0.717) is 0 Å². The minimum atomic E-state index is -1.53. The smallest absolute Gasteiger partial charge is 1.00 e. The number of rotatable bonds is 3. The predicted molar refractivity (Wildman–Crippen MR) is 72.2 cm³/mol. The largest absolute Gasteiger partial charge is 1.00 e. The molecule has 4 heteroatoms. The van der Waals surface area contributed by atoms with E-state index in [0.717, 1.165) is 7.35 Å². The molecule has 0 amide bonds. The fourth-order valence-electron chi connectivity index (χ4n) is 2.81. The molecule has 0 bridgehead atoms. The van der Waals surface area contributed by atoms with E-state index in [1.165, 1.54) is 0 Å². The van der Waals surface area contributed by atoms with Crippen molar-refractivity contribution in [1.82, 2.24) is 0 Å². The molecule has 0 fully saturated rings. The molecule has 2 aliphatic rings. The van der Waals surface area contributed by atoms with E-state index in [-0.39, 0.29) is 24.8 Å². The first-order valence-electron chi connectivity index (χ1n) is 6.18. The van der Waals surface area contributed by atoms with E-state index < -0.39 is 26.6 Å². The molecule has 18 heavy (non-hydrogen) atoms. The van der Waals surface area contributed by atoms with Crippen LogP contribution in [0.25, 0.3) is 0 Å². The molecule has 0 aromatic heterocycles. The molecule has 0 nitrogen and oxygen atoms in total. The molecule has 0 saturated heterocycles. The van der Waals surface area contributed by atoms with Gasteiger partial charge in [0.15, 0.2) is 0 Å². The number of hydrogen-bond donors (Lipinski definition) is 0. The van der Waals surface area contributed by atoms with Gasteiger partial charge in [0.05, 0.1) is 0 Å². The van der Waals surface area contributed by atoms with E-state index >= 15 is 0 Å². The summed E-state index contributed by atoms with van der Waals surface area (Å²) in [5.74, 6) is -0.440. The van der Waals surface area contributed by atoms with Gasteiger partial charge in [-0.2, -0.15) is 0 Å². The van der Waals surface area contributed by atoms with Gasteiger partial charge in [-0.3, -0.25) is 0 Å². The van der Waals surface area contributed by atoms with Crippen molar-refractivity contribution < 1.29 is 45.4 Å². The summed E-state index contributed by atoms with van der Waals surface area (Å²) in [6.07, 6.45) is 14.3. The zero-order valence-corrected chi connectivity index (χ0v) is 17.7. The van der Waals surface area contributed by atoms with Crippen LogP contribution in [-0.2, 0) is 20.6 Å². The number of allylic oxidation sites excluding steroid dienone is 8. The molecule has 0 aromatic carbocycles. The maximum atomic E-state index is 2.58. The Balaban J connectivity index is 0.00000144. The summed E-state index contributed by atoms with van der Waals surface area (Å²) in [6.45, 7) is 9.84. The first kappa shape index (κ1) is 18.6. The van der Waals surface area contributed by atoms with E-state index in [1.807, 2.05) is 0 Å². The zero-order chi connectivity index (χ0) is 11.7. The van der Waals surface area contributed by atoms with Crippen molar-refractivity contribution in [3.63, 3.8) is 0 Å². The molecule has 2 rings (SSSR count). The van der Waals surface area contributed by atoms with Gasteiger partial charge >= 0.3 is 108 Å². The Labute approximate surface area is 132 Å². The fourth-order valence-corrected chi connectivity index (χ4v) is 34.1. The Hall–Kier alpha value is 0.627. The maximum Gasteiger partial charge on any atom is -1.00 e. The van der Waals surface area contributed by atoms with Gasteiger partial charge in [-0.1, -0.05) is 0 Å². The van der Waals surface area contributed by atoms with Gasteiger partial charge in [0, 0.05) is 0 Å². The van der Waals surface area contributed by atoms with Crippen molar-refractivity contribution in [3.05, 3.63) is 47.6 Å². The molecule has 0 N–H and O–H groups in total. The SMILES string of the molecule is CC1=CC=C[CH]1[Hf+2]([CH]1C=CC=C1C)[SiH](C)C.[Cl-].[Cl-]. The van der Waals surface area contributed by atoms with Crippen LogP contribution in [-0.4, -0.2) is 5.98 Å². The Kier molecular flexibility index (Phi) is 8.31. The zero-order valence-electron chi connectivity index (χ0n) is 11.5. The summed E-state index contributed by atoms with van der Waals surface area (Å²) < 4.78 is 1.82. The summed E-state index contributed by atoms with van der Waals surface area (Å²) in [7, 11) is 0. The van der Waals surface area contributed by atoms with E-state index in [1.54, 1.807) is 11.1 Å². The molecule has 0 saturated carbocycles. The molecule has 0 heterocycles. The quantitative estimate of drug-likeness (QED) is 0.431. The summed E-state index contributed by atoms with van der Waals surface area (Å²) in [4.78, 5) is 0. The van der Waals surface area contributed by atoms with E-state index in [2.05, 4.69) is 63.4 Å². The summed E-state index contributed by atoms with van der Waals surface area (Å²) in [5.41, 5.74) is 3.30. The molecule has 2 aliphatic carbocycles. The standard InChI is InChI=1S/2C6H7.C2H7Si.2ClH.Hf/c2*1-6-4-2-3-5-6;1-3-2;;;/h2*2-5H,1H3;3H,1-2H3;2*1H;/q;;;;;+2/p-2. The summed E-state index contributed by atoms with van der Waals surface area (Å²) >= 11 is -1.53. The second kappa shape index (κ2) is 8.03. The van der Waals surface area contributed by atoms with Crippen LogP contribution in [0.1, 0.15) is 13.8 Å². The normalized spacial score (nSPS) is 24.5. The van der Waals surface area contributed by atoms with Crippen molar-refractivity contribution in [2.24, 2.45) is 0 Å². The van der Waals surface area contributed by atoms with Crippen LogP contribution in [0.3, 0.4) is 0 Å². The van der Waals surface area contributed by atoms with Crippen molar-refractivity contribution in [3.8, 4) is 0 Å². The fraction of sp³-hybridized carbons (Fsp3) is 0.429. The van der Waals surface area contributed by atoms with Crippen LogP contribution in [0.15, 0.2) is 47.6 Å². The van der Waals surface area contributed by atoms with Crippen LogP contribution >= 0.6 is 0 Å². The van der Waals surface area contributed by atoms with Crippen molar-refractivity contribution in [1.29, 1.82) is 0 Å². The Morgan fingerprint density at radius 3 is 1.50 bits per heavy atom. The topological polar surface area (TPSA) is 0 Å². The van der Waals surface area contributed by atoms with Gasteiger partial charge in [-0.15, -0.1) is 0 Å². The van der Waals surface area contributed by atoms with Crippen molar-refractivity contribution in [2.45, 2.75) is 34.3 Å². The molecular formula is C14H21Cl2HfSi. The van der Waals surface area contributed by atoms with Gasteiger partial charge in [-0.25, -0.2) is 0 Å². The minimum absolute atomic E-state index is 0. The molecule has 2 atom stereocenters. The van der Waals surface area contributed by atoms with Gasteiger partial charge < -0.3 is 24.8 Å². The van der Waals surface area contributed by atoms with Crippen LogP contribution in [0.2, 0.25) is 20.4 Å². The van der Waals surface area contributed by atoms with Gasteiger partial charge in [0.2, 0.25) is 0 Å². The first-order valence-corrected chi connectivity index (χ1v) is 19.4. The van der Waals surface area contributed by atoms with Gasteiger partial charge in [0.1, 0.15) is 0 Å². The average Bonchev–Trinajstić information content (AvgIpc) is 2.79. The molecular weight excluding hydrogens is 446 g/mol. The monoisotopic (exact) mass is 467 g/mol. The van der Waals surface area contributed by atoms with Crippen LogP contribution in [0, 0.1) is 0 Å². The van der Waals surface area contributed by atoms with Gasteiger partial charge in [0.25, 0.3) is 0 Å².